The molecule has 22 heavy (non-hydrogen) atoms. The van der Waals surface area contributed by atoms with Crippen LogP contribution in [0.25, 0.3) is 0 Å². The minimum absolute atomic E-state index is 0.116. The Kier molecular flexibility index (Phi) is 3.92. The lowest BCUT2D eigenvalue weighted by atomic mass is 10.0. The third kappa shape index (κ3) is 2.86. The molecule has 3 nitrogen and oxygen atoms in total. The van der Waals surface area contributed by atoms with E-state index in [1.165, 1.54) is 24.4 Å². The van der Waals surface area contributed by atoms with Gasteiger partial charge in [0, 0.05) is 17.8 Å². The molecule has 4 heteroatoms. The van der Waals surface area contributed by atoms with Crippen LogP contribution < -0.4 is 4.74 Å². The summed E-state index contributed by atoms with van der Waals surface area (Å²) in [5, 5.41) is 0. The van der Waals surface area contributed by atoms with Crippen LogP contribution in [-0.2, 0) is 0 Å². The van der Waals surface area contributed by atoms with Crippen molar-refractivity contribution in [1.82, 2.24) is 4.98 Å². The Bertz CT molecular complexity index is 789. The Hall–Kier alpha value is -3.01. The van der Waals surface area contributed by atoms with Crippen LogP contribution in [-0.4, -0.2) is 10.8 Å². The highest BCUT2D eigenvalue weighted by Gasteiger charge is 2.18. The molecule has 0 saturated heterocycles. The first-order valence-corrected chi connectivity index (χ1v) is 6.73. The number of hydrogen-bond donors (Lipinski definition) is 0. The molecule has 0 unspecified atom stereocenters. The molecule has 0 aliphatic rings. The fourth-order valence-corrected chi connectivity index (χ4v) is 2.05. The summed E-state index contributed by atoms with van der Waals surface area (Å²) in [5.74, 6) is -0.789. The Morgan fingerprint density at radius 1 is 0.909 bits per heavy atom. The quantitative estimate of drug-likeness (QED) is 0.675. The van der Waals surface area contributed by atoms with Gasteiger partial charge in [-0.05, 0) is 18.2 Å². The fraction of sp³-hybridized carbons (Fsp3) is 0. The highest BCUT2D eigenvalue weighted by Crippen LogP contribution is 2.29. The van der Waals surface area contributed by atoms with Crippen LogP contribution in [0.4, 0.5) is 4.39 Å². The van der Waals surface area contributed by atoms with E-state index in [1.807, 2.05) is 6.07 Å². The molecule has 1 heterocycles. The molecule has 3 aromatic rings. The molecule has 0 aliphatic heterocycles. The summed E-state index contributed by atoms with van der Waals surface area (Å²) in [6.45, 7) is 0. The lowest BCUT2D eigenvalue weighted by Gasteiger charge is -2.10. The zero-order valence-corrected chi connectivity index (χ0v) is 11.6. The highest BCUT2D eigenvalue weighted by atomic mass is 19.1. The van der Waals surface area contributed by atoms with Gasteiger partial charge in [-0.15, -0.1) is 0 Å². The number of rotatable bonds is 4. The van der Waals surface area contributed by atoms with Gasteiger partial charge in [-0.1, -0.05) is 42.5 Å². The molecule has 0 amide bonds. The number of aromatic nitrogens is 1. The van der Waals surface area contributed by atoms with Crippen LogP contribution in [0.5, 0.6) is 11.6 Å². The Morgan fingerprint density at radius 2 is 1.68 bits per heavy atom. The summed E-state index contributed by atoms with van der Waals surface area (Å²) in [6, 6.07) is 18.0. The Balaban J connectivity index is 2.02. The monoisotopic (exact) mass is 293 g/mol. The molecular formula is C18H12FNO2. The molecule has 0 atom stereocenters. The average Bonchev–Trinajstić information content (AvgIpc) is 2.58. The number of benzene rings is 2. The fourth-order valence-electron chi connectivity index (χ4n) is 2.05. The van der Waals surface area contributed by atoms with E-state index in [0.29, 0.717) is 5.56 Å². The van der Waals surface area contributed by atoms with Crippen molar-refractivity contribution in [1.29, 1.82) is 0 Å². The number of carbonyl (C=O) groups is 1. The number of ketones is 1. The van der Waals surface area contributed by atoms with Crippen molar-refractivity contribution in [2.24, 2.45) is 0 Å². The summed E-state index contributed by atoms with van der Waals surface area (Å²) < 4.78 is 19.6. The second-order valence-corrected chi connectivity index (χ2v) is 4.58. The smallest absolute Gasteiger partial charge is 0.219 e. The van der Waals surface area contributed by atoms with Crippen molar-refractivity contribution in [2.75, 3.05) is 0 Å². The number of hydrogen-bond acceptors (Lipinski definition) is 3. The van der Waals surface area contributed by atoms with Crippen molar-refractivity contribution in [3.8, 4) is 11.6 Å². The van der Waals surface area contributed by atoms with Crippen LogP contribution >= 0.6 is 0 Å². The van der Waals surface area contributed by atoms with Crippen LogP contribution in [0, 0.1) is 5.82 Å². The minimum Gasteiger partial charge on any atom is -0.435 e. The predicted molar refractivity (Wildman–Crippen MR) is 80.6 cm³/mol. The van der Waals surface area contributed by atoms with Gasteiger partial charge in [0.1, 0.15) is 0 Å². The third-order valence-electron chi connectivity index (χ3n) is 3.09. The van der Waals surface area contributed by atoms with Crippen LogP contribution in [0.1, 0.15) is 15.9 Å². The van der Waals surface area contributed by atoms with Gasteiger partial charge in [-0.3, -0.25) is 4.79 Å². The van der Waals surface area contributed by atoms with E-state index in [2.05, 4.69) is 4.98 Å². The SMILES string of the molecule is O=C(c1ccccc1)c1cccc(F)c1Oc1ccccn1. The van der Waals surface area contributed by atoms with Crippen molar-refractivity contribution in [2.45, 2.75) is 0 Å². The van der Waals surface area contributed by atoms with Gasteiger partial charge in [-0.2, -0.15) is 0 Å². The first-order chi connectivity index (χ1) is 10.8. The minimum atomic E-state index is -0.604. The summed E-state index contributed by atoms with van der Waals surface area (Å²) in [6.07, 6.45) is 1.54. The van der Waals surface area contributed by atoms with Gasteiger partial charge < -0.3 is 4.74 Å². The lowest BCUT2D eigenvalue weighted by molar-refractivity contribution is 0.103. The largest absolute Gasteiger partial charge is 0.435 e. The van der Waals surface area contributed by atoms with Crippen molar-refractivity contribution in [3.63, 3.8) is 0 Å². The van der Waals surface area contributed by atoms with Gasteiger partial charge in [0.05, 0.1) is 5.56 Å². The molecule has 0 bridgehead atoms. The maximum Gasteiger partial charge on any atom is 0.219 e. The molecule has 1 aromatic heterocycles. The average molecular weight is 293 g/mol. The number of ether oxygens (including phenoxy) is 1. The van der Waals surface area contributed by atoms with Crippen molar-refractivity contribution < 1.29 is 13.9 Å². The molecule has 0 aliphatic carbocycles. The summed E-state index contributed by atoms with van der Waals surface area (Å²) >= 11 is 0. The molecule has 0 spiro atoms. The van der Waals surface area contributed by atoms with Gasteiger partial charge in [0.15, 0.2) is 17.3 Å². The number of nitrogens with zero attached hydrogens (tertiary/aromatic N) is 1. The van der Waals surface area contributed by atoms with Crippen LogP contribution in [0.3, 0.4) is 0 Å². The Morgan fingerprint density at radius 3 is 2.41 bits per heavy atom. The molecule has 0 saturated carbocycles. The summed E-state index contributed by atoms with van der Waals surface area (Å²) in [7, 11) is 0. The van der Waals surface area contributed by atoms with E-state index in [4.69, 9.17) is 4.74 Å². The maximum atomic E-state index is 14.1. The summed E-state index contributed by atoms with van der Waals surface area (Å²) in [4.78, 5) is 16.5. The van der Waals surface area contributed by atoms with Crippen molar-refractivity contribution in [3.05, 3.63) is 89.9 Å². The summed E-state index contributed by atoms with van der Waals surface area (Å²) in [5.41, 5.74) is 0.635. The van der Waals surface area contributed by atoms with Gasteiger partial charge >= 0.3 is 0 Å². The van der Waals surface area contributed by atoms with E-state index in [0.717, 1.165) is 0 Å². The molecule has 0 fully saturated rings. The predicted octanol–water partition coefficient (Wildman–Crippen LogP) is 4.24. The molecule has 108 valence electrons. The second kappa shape index (κ2) is 6.18. The van der Waals surface area contributed by atoms with E-state index in [9.17, 15) is 9.18 Å². The van der Waals surface area contributed by atoms with Crippen LogP contribution in [0.2, 0.25) is 0 Å². The molecule has 0 radical (unpaired) electrons. The number of carbonyl (C=O) groups excluding carboxylic acids is 1. The zero-order chi connectivity index (χ0) is 15.4. The van der Waals surface area contributed by atoms with E-state index >= 15 is 0 Å². The van der Waals surface area contributed by atoms with E-state index < -0.39 is 5.82 Å². The standard InChI is InChI=1S/C18H12FNO2/c19-15-10-6-9-14(17(21)13-7-2-1-3-8-13)18(15)22-16-11-4-5-12-20-16/h1-12H. The first kappa shape index (κ1) is 13.9. The van der Waals surface area contributed by atoms with Gasteiger partial charge in [0.2, 0.25) is 5.88 Å². The Labute approximate surface area is 127 Å². The molecule has 0 N–H and O–H groups in total. The number of pyridine rings is 1. The highest BCUT2D eigenvalue weighted by molar-refractivity contribution is 6.10. The zero-order valence-electron chi connectivity index (χ0n) is 11.6. The van der Waals surface area contributed by atoms with Gasteiger partial charge in [-0.25, -0.2) is 9.37 Å². The maximum absolute atomic E-state index is 14.1. The first-order valence-electron chi connectivity index (χ1n) is 6.73. The van der Waals surface area contributed by atoms with E-state index in [1.54, 1.807) is 42.5 Å². The van der Waals surface area contributed by atoms with Gasteiger partial charge in [0.25, 0.3) is 0 Å². The van der Waals surface area contributed by atoms with Crippen LogP contribution in [0.15, 0.2) is 72.9 Å². The topological polar surface area (TPSA) is 39.2 Å². The third-order valence-corrected chi connectivity index (χ3v) is 3.09. The lowest BCUT2D eigenvalue weighted by Crippen LogP contribution is -2.05. The number of para-hydroxylation sites is 1. The molecule has 2 aromatic carbocycles. The second-order valence-electron chi connectivity index (χ2n) is 4.58. The normalized spacial score (nSPS) is 10.2. The van der Waals surface area contributed by atoms with Crippen molar-refractivity contribution >= 4 is 5.78 Å². The molecule has 3 rings (SSSR count). The number of halogens is 1. The van der Waals surface area contributed by atoms with E-state index in [-0.39, 0.29) is 23.0 Å². The molecular weight excluding hydrogens is 281 g/mol.